The van der Waals surface area contributed by atoms with Crippen LogP contribution in [-0.2, 0) is 48.1 Å². The second-order valence-corrected chi connectivity index (χ2v) is 28.4. The van der Waals surface area contributed by atoms with Crippen LogP contribution in [0.2, 0.25) is 0 Å². The summed E-state index contributed by atoms with van der Waals surface area (Å²) in [6.07, 6.45) is 8.66. The molecule has 0 atom stereocenters. The molecule has 0 radical (unpaired) electrons. The number of carbonyl (C=O) groups is 4. The van der Waals surface area contributed by atoms with Crippen molar-refractivity contribution >= 4 is 23.5 Å². The van der Waals surface area contributed by atoms with E-state index in [0.717, 1.165) is 98.0 Å². The second kappa shape index (κ2) is 49.2. The molecule has 6 aromatic rings. The summed E-state index contributed by atoms with van der Waals surface area (Å²) in [6, 6.07) is 0. The van der Waals surface area contributed by atoms with Crippen LogP contribution in [0.1, 0.15) is 310 Å². The molecule has 6 aromatic carbocycles. The molecule has 0 aliphatic carbocycles. The summed E-state index contributed by atoms with van der Waals surface area (Å²) in [7, 11) is 0. The molecule has 6 nitrogen and oxygen atoms in total. The fourth-order valence-corrected chi connectivity index (χ4v) is 12.2. The average Bonchev–Trinajstić information content (AvgIpc) is 0.788. The fraction of sp³-hybridized carbons (Fsp3) is 0.429. The number of terminal acetylenes is 1. The first-order valence-corrected chi connectivity index (χ1v) is 39.2. The number of Topliss-reactive ketones (excluding diaryl/α,β-unsaturated/α-hetero) is 2. The first kappa shape index (κ1) is 103. The minimum Gasteiger partial charge on any atom is -0.457 e. The third-order valence-electron chi connectivity index (χ3n) is 21.6. The Hall–Kier alpha value is -10.1. The van der Waals surface area contributed by atoms with E-state index in [1.165, 1.54) is 142 Å². The van der Waals surface area contributed by atoms with Crippen LogP contribution < -0.4 is 0 Å². The zero-order chi connectivity index (χ0) is 86.8. The molecular formula is C105H138O6. The smallest absolute Gasteiger partial charge is 0.334 e. The topological polar surface area (TPSA) is 86.7 Å². The summed E-state index contributed by atoms with van der Waals surface area (Å²) in [5.74, 6) is 35.5. The quantitative estimate of drug-likeness (QED) is 0.0814. The molecule has 0 bridgehead atoms. The van der Waals surface area contributed by atoms with Crippen molar-refractivity contribution in [1.82, 2.24) is 0 Å². The van der Waals surface area contributed by atoms with Gasteiger partial charge in [0.25, 0.3) is 0 Å². The Morgan fingerprint density at radius 2 is 0.450 bits per heavy atom. The molecule has 0 aliphatic heterocycles. The summed E-state index contributed by atoms with van der Waals surface area (Å²) < 4.78 is 10.5. The van der Waals surface area contributed by atoms with Crippen LogP contribution >= 0.6 is 0 Å². The molecule has 0 heterocycles. The summed E-state index contributed by atoms with van der Waals surface area (Å²) in [4.78, 5) is 43.6. The van der Waals surface area contributed by atoms with Crippen LogP contribution in [-0.4, -0.2) is 30.1 Å². The van der Waals surface area contributed by atoms with E-state index in [2.05, 4.69) is 258 Å². The number of hydrogen-bond acceptors (Lipinski definition) is 6. The van der Waals surface area contributed by atoms with Gasteiger partial charge in [-0.2, -0.15) is 0 Å². The highest BCUT2D eigenvalue weighted by molar-refractivity contribution is 5.92. The molecule has 0 spiro atoms. The molecule has 594 valence electrons. The third-order valence-corrected chi connectivity index (χ3v) is 21.6. The number of carbonyl (C=O) groups excluding carboxylic acids is 4. The van der Waals surface area contributed by atoms with E-state index in [-0.39, 0.29) is 30.7 Å². The Labute approximate surface area is 677 Å². The molecule has 0 saturated carbocycles. The van der Waals surface area contributed by atoms with Crippen molar-refractivity contribution in [2.45, 2.75) is 302 Å². The van der Waals surface area contributed by atoms with Gasteiger partial charge < -0.3 is 9.47 Å². The van der Waals surface area contributed by atoms with Gasteiger partial charge in [-0.25, -0.2) is 9.59 Å². The molecule has 0 amide bonds. The molecule has 0 aliphatic rings. The highest BCUT2D eigenvalue weighted by Crippen LogP contribution is 2.33. The normalized spacial score (nSPS) is 9.53. The lowest BCUT2D eigenvalue weighted by Gasteiger charge is -2.18. The molecule has 6 rings (SSSR count). The lowest BCUT2D eigenvalue weighted by atomic mass is 9.87. The molecule has 0 unspecified atom stereocenters. The van der Waals surface area contributed by atoms with E-state index in [4.69, 9.17) is 15.9 Å². The van der Waals surface area contributed by atoms with Gasteiger partial charge >= 0.3 is 11.9 Å². The zero-order valence-electron chi connectivity index (χ0n) is 76.6. The van der Waals surface area contributed by atoms with Crippen LogP contribution in [0.25, 0.3) is 0 Å². The van der Waals surface area contributed by atoms with Gasteiger partial charge in [0, 0.05) is 68.5 Å². The van der Waals surface area contributed by atoms with Crippen molar-refractivity contribution < 1.29 is 28.7 Å². The number of ether oxygens (including phenoxy) is 2. The van der Waals surface area contributed by atoms with E-state index in [1.54, 1.807) is 27.7 Å². The number of esters is 2. The Balaban J connectivity index is 0. The van der Waals surface area contributed by atoms with E-state index in [9.17, 15) is 19.2 Å². The highest BCUT2D eigenvalue weighted by Gasteiger charge is 2.20. The van der Waals surface area contributed by atoms with Crippen LogP contribution in [0.5, 0.6) is 0 Å². The minimum atomic E-state index is -0.442. The van der Waals surface area contributed by atoms with Gasteiger partial charge in [0.2, 0.25) is 0 Å². The largest absolute Gasteiger partial charge is 0.457 e. The summed E-state index contributed by atoms with van der Waals surface area (Å²) in [5, 5.41) is 0. The predicted molar refractivity (Wildman–Crippen MR) is 481 cm³/mol. The molecule has 6 heteroatoms. The van der Waals surface area contributed by atoms with Crippen molar-refractivity contribution in [3.8, 4) is 71.5 Å². The number of rotatable bonds is 9. The maximum atomic E-state index is 11.9. The van der Waals surface area contributed by atoms with Crippen molar-refractivity contribution in [1.29, 1.82) is 0 Å². The van der Waals surface area contributed by atoms with Crippen LogP contribution in [0, 0.1) is 245 Å². The Morgan fingerprint density at radius 3 is 0.649 bits per heavy atom. The first-order valence-electron chi connectivity index (χ1n) is 39.2. The standard InChI is InChI=1S/C34H38O4.C28H34.C25H32.2C5H8O.C4H6.2C2H6/c1-19(2)33(35)37-17-13-14-29-21(5)23(7)30(24(8)22(29)6)15-16-31-25(9)27(11)32(28(12)26(31)10)18-38-34(36)20(3)4;1-11-13-14-26-21(7)23(9)28(24(10)22(26)8)16-15-27-19(5)17(3)25(12-2)18(4)20(27)6;1-11-23-19(7)21(9)25(22(10)20(23)8)13-12-24-17(5)15(3)14(2)16(4)18(24)6;2*1-4(2)5(3)6;1-3-4-2;2*1-2/h1,3,17-18H2,2,4-12H3;11-12H2,1-10H3;11H2,1-10H3;2*1H2,2-3H3;1H,4H2,2H3;2*1-2H3. The minimum absolute atomic E-state index is 0.0177. The molecule has 0 aromatic heterocycles. The molecule has 0 saturated heterocycles. The summed E-state index contributed by atoms with van der Waals surface area (Å²) >= 11 is 0. The van der Waals surface area contributed by atoms with Crippen LogP contribution in [0.4, 0.5) is 0 Å². The highest BCUT2D eigenvalue weighted by atomic mass is 16.5. The lowest BCUT2D eigenvalue weighted by molar-refractivity contribution is -0.140. The fourth-order valence-electron chi connectivity index (χ4n) is 12.2. The van der Waals surface area contributed by atoms with Crippen LogP contribution in [0.15, 0.2) is 48.6 Å². The monoisotopic (exact) mass is 1500 g/mol. The van der Waals surface area contributed by atoms with Gasteiger partial charge in [0.1, 0.15) is 6.61 Å². The molecular weight excluding hydrogens is 1360 g/mol. The van der Waals surface area contributed by atoms with E-state index in [1.807, 2.05) is 62.3 Å². The van der Waals surface area contributed by atoms with Gasteiger partial charge in [-0.05, 0) is 394 Å². The second-order valence-electron chi connectivity index (χ2n) is 28.4. The number of allylic oxidation sites excluding steroid dienone is 2. The predicted octanol–water partition coefficient (Wildman–Crippen LogP) is 25.3. The third kappa shape index (κ3) is 27.7. The summed E-state index contributed by atoms with van der Waals surface area (Å²) in [5.41, 5.74) is 46.1. The molecule has 0 fully saturated rings. The van der Waals surface area contributed by atoms with Crippen LogP contribution in [0.3, 0.4) is 0 Å². The van der Waals surface area contributed by atoms with E-state index >= 15 is 0 Å². The first-order chi connectivity index (χ1) is 51.7. The van der Waals surface area contributed by atoms with Crippen molar-refractivity contribution in [3.05, 3.63) is 249 Å². The maximum absolute atomic E-state index is 11.9. The average molecular weight is 1500 g/mol. The van der Waals surface area contributed by atoms with Crippen molar-refractivity contribution in [2.24, 2.45) is 0 Å². The van der Waals surface area contributed by atoms with Gasteiger partial charge in [-0.1, -0.05) is 141 Å². The number of hydrogen-bond donors (Lipinski definition) is 0. The zero-order valence-corrected chi connectivity index (χ0v) is 76.6. The molecule has 0 N–H and O–H groups in total. The van der Waals surface area contributed by atoms with E-state index < -0.39 is 5.97 Å². The van der Waals surface area contributed by atoms with Crippen molar-refractivity contribution in [3.63, 3.8) is 0 Å². The van der Waals surface area contributed by atoms with Gasteiger partial charge in [0.15, 0.2) is 18.2 Å². The van der Waals surface area contributed by atoms with Crippen molar-refractivity contribution in [2.75, 3.05) is 6.61 Å². The SMILES string of the molecule is C#CCC.C=C(C)C(=O)OCC#Cc1c(C)c(C)c(C#Cc2c(C)c(C)c(COC(=O)C(=C)C)c(C)c2C)c(C)c1C.C=C(C)C(C)=O.C=C(C)C(C)=O.CC.CC.CCC#Cc1c(C)c(C)c(C#Cc2c(C)c(C)c(CC)c(C)c2C)c(C)c1C.CCc1c(C)c(C)c(C#Cc2c(C)c(C)c(C)c(C)c2C)c(C)c1C. The Bertz CT molecular complexity index is 4680. The lowest BCUT2D eigenvalue weighted by Crippen LogP contribution is -2.09. The molecule has 111 heavy (non-hydrogen) atoms. The number of ketones is 2. The van der Waals surface area contributed by atoms with Gasteiger partial charge in [-0.3, -0.25) is 9.59 Å². The maximum Gasteiger partial charge on any atom is 0.334 e. The van der Waals surface area contributed by atoms with Gasteiger partial charge in [0.05, 0.1) is 0 Å². The Kier molecular flexibility index (Phi) is 45.7. The summed E-state index contributed by atoms with van der Waals surface area (Å²) in [6.45, 7) is 94.4. The Morgan fingerprint density at radius 1 is 0.270 bits per heavy atom. The number of benzene rings is 6. The van der Waals surface area contributed by atoms with E-state index in [0.29, 0.717) is 22.3 Å². The van der Waals surface area contributed by atoms with Gasteiger partial charge in [-0.15, -0.1) is 12.3 Å².